The highest BCUT2D eigenvalue weighted by molar-refractivity contribution is 5.48. The van der Waals surface area contributed by atoms with Crippen LogP contribution in [0.4, 0.5) is 4.39 Å². The van der Waals surface area contributed by atoms with Gasteiger partial charge in [0.2, 0.25) is 0 Å². The molecule has 0 spiro atoms. The number of rotatable bonds is 2. The van der Waals surface area contributed by atoms with E-state index in [1.165, 1.54) is 12.1 Å². The molecular weight excluding hydrogens is 195 g/mol. The summed E-state index contributed by atoms with van der Waals surface area (Å²) in [6.07, 6.45) is 2.74. The molecule has 0 aliphatic carbocycles. The topological polar surface area (TPSA) is 64.7 Å². The average molecular weight is 204 g/mol. The van der Waals surface area contributed by atoms with Gasteiger partial charge in [0.1, 0.15) is 11.5 Å². The molecule has 2 heterocycles. The summed E-state index contributed by atoms with van der Waals surface area (Å²) in [7, 11) is 0. The summed E-state index contributed by atoms with van der Waals surface area (Å²) in [5.41, 5.74) is 6.71. The fraction of sp³-hybridized carbons (Fsp3) is 0.100. The van der Waals surface area contributed by atoms with Gasteiger partial charge in [-0.05, 0) is 18.2 Å². The zero-order valence-corrected chi connectivity index (χ0v) is 7.89. The maximum absolute atomic E-state index is 12.6. The molecule has 15 heavy (non-hydrogen) atoms. The van der Waals surface area contributed by atoms with Gasteiger partial charge in [-0.15, -0.1) is 0 Å². The molecule has 76 valence electrons. The lowest BCUT2D eigenvalue weighted by Crippen LogP contribution is -2.02. The fourth-order valence-corrected chi connectivity index (χ4v) is 1.14. The second-order valence-corrected chi connectivity index (χ2v) is 2.94. The molecule has 4 nitrogen and oxygen atoms in total. The minimum absolute atomic E-state index is 0.344. The second kappa shape index (κ2) is 4.10. The molecule has 0 fully saturated rings. The van der Waals surface area contributed by atoms with Gasteiger partial charge in [0.25, 0.3) is 0 Å². The Morgan fingerprint density at radius 1 is 1.20 bits per heavy atom. The van der Waals surface area contributed by atoms with E-state index in [4.69, 9.17) is 5.73 Å². The highest BCUT2D eigenvalue weighted by Crippen LogP contribution is 2.11. The summed E-state index contributed by atoms with van der Waals surface area (Å²) in [5, 5.41) is 0. The van der Waals surface area contributed by atoms with E-state index in [9.17, 15) is 4.39 Å². The van der Waals surface area contributed by atoms with Crippen LogP contribution in [0, 0.1) is 5.82 Å². The van der Waals surface area contributed by atoms with Gasteiger partial charge >= 0.3 is 0 Å². The standard InChI is InChI=1S/C10H9FN4/c11-7-1-2-9(14-6-7)10-13-4-3-8(5-12)15-10/h1-4,6H,5,12H2. The molecule has 5 heteroatoms. The van der Waals surface area contributed by atoms with Crippen molar-refractivity contribution in [1.29, 1.82) is 0 Å². The van der Waals surface area contributed by atoms with Crippen molar-refractivity contribution in [3.63, 3.8) is 0 Å². The molecule has 0 aliphatic rings. The van der Waals surface area contributed by atoms with Crippen molar-refractivity contribution in [3.8, 4) is 11.5 Å². The van der Waals surface area contributed by atoms with Crippen LogP contribution in [0.3, 0.4) is 0 Å². The summed E-state index contributed by atoms with van der Waals surface area (Å²) < 4.78 is 12.6. The van der Waals surface area contributed by atoms with Crippen LogP contribution in [0.15, 0.2) is 30.6 Å². The van der Waals surface area contributed by atoms with Crippen LogP contribution in [0.2, 0.25) is 0 Å². The third kappa shape index (κ3) is 2.13. The number of nitrogens with two attached hydrogens (primary N) is 1. The lowest BCUT2D eigenvalue weighted by atomic mass is 10.3. The third-order valence-electron chi connectivity index (χ3n) is 1.88. The first-order chi connectivity index (χ1) is 7.29. The monoisotopic (exact) mass is 204 g/mol. The van der Waals surface area contributed by atoms with E-state index in [0.717, 1.165) is 11.9 Å². The predicted molar refractivity (Wildman–Crippen MR) is 53.1 cm³/mol. The molecule has 0 saturated carbocycles. The van der Waals surface area contributed by atoms with Crippen LogP contribution in [-0.4, -0.2) is 15.0 Å². The van der Waals surface area contributed by atoms with Crippen LogP contribution in [0.5, 0.6) is 0 Å². The van der Waals surface area contributed by atoms with Gasteiger partial charge in [-0.25, -0.2) is 19.3 Å². The summed E-state index contributed by atoms with van der Waals surface area (Å²) in [6, 6.07) is 4.58. The smallest absolute Gasteiger partial charge is 0.178 e. The lowest BCUT2D eigenvalue weighted by molar-refractivity contribution is 0.621. The zero-order chi connectivity index (χ0) is 10.7. The van der Waals surface area contributed by atoms with Crippen LogP contribution < -0.4 is 5.73 Å². The van der Waals surface area contributed by atoms with Gasteiger partial charge in [0, 0.05) is 12.7 Å². The Morgan fingerprint density at radius 3 is 2.73 bits per heavy atom. The zero-order valence-electron chi connectivity index (χ0n) is 7.89. The molecule has 2 aromatic heterocycles. The Morgan fingerprint density at radius 2 is 2.07 bits per heavy atom. The maximum Gasteiger partial charge on any atom is 0.178 e. The molecule has 2 N–H and O–H groups in total. The molecule has 0 aromatic carbocycles. The number of pyridine rings is 1. The van der Waals surface area contributed by atoms with Crippen LogP contribution in [0.1, 0.15) is 5.69 Å². The van der Waals surface area contributed by atoms with E-state index >= 15 is 0 Å². The van der Waals surface area contributed by atoms with E-state index in [1.807, 2.05) is 0 Å². The number of halogens is 1. The maximum atomic E-state index is 12.6. The number of hydrogen-bond donors (Lipinski definition) is 1. The van der Waals surface area contributed by atoms with Crippen LogP contribution in [0.25, 0.3) is 11.5 Å². The molecule has 2 aromatic rings. The van der Waals surface area contributed by atoms with Gasteiger partial charge in [-0.2, -0.15) is 0 Å². The summed E-state index contributed by atoms with van der Waals surface area (Å²) in [5.74, 6) is 0.0756. The first kappa shape index (κ1) is 9.67. The Labute approximate surface area is 86.0 Å². The Balaban J connectivity index is 2.40. The Bertz CT molecular complexity index is 455. The van der Waals surface area contributed by atoms with E-state index in [0.29, 0.717) is 18.1 Å². The third-order valence-corrected chi connectivity index (χ3v) is 1.88. The van der Waals surface area contributed by atoms with Crippen molar-refractivity contribution >= 4 is 0 Å². The van der Waals surface area contributed by atoms with Crippen molar-refractivity contribution in [1.82, 2.24) is 15.0 Å². The minimum Gasteiger partial charge on any atom is -0.325 e. The van der Waals surface area contributed by atoms with Crippen molar-refractivity contribution in [2.45, 2.75) is 6.54 Å². The molecule has 0 aliphatic heterocycles. The van der Waals surface area contributed by atoms with E-state index in [2.05, 4.69) is 15.0 Å². The second-order valence-electron chi connectivity index (χ2n) is 2.94. The van der Waals surface area contributed by atoms with Gasteiger partial charge in [-0.3, -0.25) is 0 Å². The van der Waals surface area contributed by atoms with E-state index in [-0.39, 0.29) is 5.82 Å². The largest absolute Gasteiger partial charge is 0.325 e. The molecule has 0 saturated heterocycles. The molecule has 0 bridgehead atoms. The predicted octanol–water partition coefficient (Wildman–Crippen LogP) is 1.14. The highest BCUT2D eigenvalue weighted by Gasteiger charge is 2.03. The average Bonchev–Trinajstić information content (AvgIpc) is 2.30. The fourth-order valence-electron chi connectivity index (χ4n) is 1.14. The Kier molecular flexibility index (Phi) is 2.64. The summed E-state index contributed by atoms with van der Waals surface area (Å²) >= 11 is 0. The van der Waals surface area contributed by atoms with E-state index < -0.39 is 0 Å². The number of hydrogen-bond acceptors (Lipinski definition) is 4. The van der Waals surface area contributed by atoms with Gasteiger partial charge in [-0.1, -0.05) is 0 Å². The quantitative estimate of drug-likeness (QED) is 0.796. The molecule has 0 unspecified atom stereocenters. The van der Waals surface area contributed by atoms with Crippen molar-refractivity contribution < 1.29 is 4.39 Å². The molecule has 2 rings (SSSR count). The molecular formula is C10H9FN4. The highest BCUT2D eigenvalue weighted by atomic mass is 19.1. The lowest BCUT2D eigenvalue weighted by Gasteiger charge is -2.00. The SMILES string of the molecule is NCc1ccnc(-c2ccc(F)cn2)n1. The number of nitrogens with zero attached hydrogens (tertiary/aromatic N) is 3. The van der Waals surface area contributed by atoms with Crippen molar-refractivity contribution in [2.24, 2.45) is 5.73 Å². The molecule has 0 radical (unpaired) electrons. The van der Waals surface area contributed by atoms with Gasteiger partial charge in [0.05, 0.1) is 11.9 Å². The molecule has 0 amide bonds. The molecule has 0 atom stereocenters. The van der Waals surface area contributed by atoms with Crippen molar-refractivity contribution in [3.05, 3.63) is 42.1 Å². The number of aromatic nitrogens is 3. The van der Waals surface area contributed by atoms with Gasteiger partial charge < -0.3 is 5.73 Å². The van der Waals surface area contributed by atoms with Gasteiger partial charge in [0.15, 0.2) is 5.82 Å². The summed E-state index contributed by atoms with van der Waals surface area (Å²) in [6.45, 7) is 0.344. The van der Waals surface area contributed by atoms with Crippen LogP contribution >= 0.6 is 0 Å². The van der Waals surface area contributed by atoms with Crippen molar-refractivity contribution in [2.75, 3.05) is 0 Å². The minimum atomic E-state index is -0.381. The normalized spacial score (nSPS) is 10.3. The first-order valence-corrected chi connectivity index (χ1v) is 4.43. The van der Waals surface area contributed by atoms with E-state index in [1.54, 1.807) is 12.3 Å². The summed E-state index contributed by atoms with van der Waals surface area (Å²) in [4.78, 5) is 12.1. The first-order valence-electron chi connectivity index (χ1n) is 4.43. The Hall–Kier alpha value is -1.88. The van der Waals surface area contributed by atoms with Crippen LogP contribution in [-0.2, 0) is 6.54 Å².